The zero-order valence-corrected chi connectivity index (χ0v) is 8.26. The summed E-state index contributed by atoms with van der Waals surface area (Å²) < 4.78 is 5.28. The molecule has 0 bridgehead atoms. The Kier molecular flexibility index (Phi) is 4.56. The van der Waals surface area contributed by atoms with Gasteiger partial charge in [0.1, 0.15) is 5.75 Å². The molecule has 1 aromatic carbocycles. The van der Waals surface area contributed by atoms with Crippen LogP contribution in [0.5, 0.6) is 5.75 Å². The third kappa shape index (κ3) is 3.95. The lowest BCUT2D eigenvalue weighted by atomic mass is 10.3. The highest BCUT2D eigenvalue weighted by Gasteiger charge is 2.05. The lowest BCUT2D eigenvalue weighted by molar-refractivity contribution is -0.384. The molecule has 82 valence electrons. The first-order valence-corrected chi connectivity index (χ1v) is 4.72. The minimum atomic E-state index is -0.458. The lowest BCUT2D eigenvalue weighted by Crippen LogP contribution is -1.99. The Morgan fingerprint density at radius 2 is 2.20 bits per heavy atom. The van der Waals surface area contributed by atoms with Crippen LogP contribution in [0.3, 0.4) is 0 Å². The fourth-order valence-electron chi connectivity index (χ4n) is 1.09. The van der Waals surface area contributed by atoms with Crippen LogP contribution in [0.25, 0.3) is 0 Å². The molecule has 0 radical (unpaired) electrons. The Bertz CT molecular complexity index is 327. The number of aliphatic hydroxyl groups excluding tert-OH is 1. The van der Waals surface area contributed by atoms with Crippen LogP contribution in [0.4, 0.5) is 5.69 Å². The number of benzene rings is 1. The standard InChI is InChI=1S/C10H13NO4/c12-6-1-2-7-15-10-5-3-4-9(8-10)11(13)14/h3-5,8,12H,1-2,6-7H2. The van der Waals surface area contributed by atoms with Crippen LogP contribution in [0.1, 0.15) is 12.8 Å². The Hall–Kier alpha value is -1.62. The first kappa shape index (κ1) is 11.5. The summed E-state index contributed by atoms with van der Waals surface area (Å²) in [6.07, 6.45) is 1.41. The number of nitro benzene ring substituents is 1. The van der Waals surface area contributed by atoms with Crippen molar-refractivity contribution in [1.29, 1.82) is 0 Å². The van der Waals surface area contributed by atoms with E-state index in [1.54, 1.807) is 12.1 Å². The molecule has 1 rings (SSSR count). The second-order valence-corrected chi connectivity index (χ2v) is 3.03. The molecule has 1 aromatic rings. The third-order valence-electron chi connectivity index (χ3n) is 1.85. The number of hydrogen-bond donors (Lipinski definition) is 1. The van der Waals surface area contributed by atoms with E-state index in [-0.39, 0.29) is 12.3 Å². The summed E-state index contributed by atoms with van der Waals surface area (Å²) in [7, 11) is 0. The van der Waals surface area contributed by atoms with Crippen molar-refractivity contribution < 1.29 is 14.8 Å². The van der Waals surface area contributed by atoms with Crippen LogP contribution >= 0.6 is 0 Å². The third-order valence-corrected chi connectivity index (χ3v) is 1.85. The van der Waals surface area contributed by atoms with E-state index < -0.39 is 4.92 Å². The van der Waals surface area contributed by atoms with Crippen molar-refractivity contribution in [3.8, 4) is 5.75 Å². The average molecular weight is 211 g/mol. The molecule has 5 heteroatoms. The molecular formula is C10H13NO4. The van der Waals surface area contributed by atoms with Gasteiger partial charge in [-0.15, -0.1) is 0 Å². The van der Waals surface area contributed by atoms with Crippen LogP contribution in [0, 0.1) is 10.1 Å². The van der Waals surface area contributed by atoms with Crippen molar-refractivity contribution in [3.63, 3.8) is 0 Å². The topological polar surface area (TPSA) is 72.6 Å². The average Bonchev–Trinajstić information content (AvgIpc) is 2.25. The normalized spacial score (nSPS) is 9.93. The summed E-state index contributed by atoms with van der Waals surface area (Å²) in [5.41, 5.74) is 0.0228. The second kappa shape index (κ2) is 5.98. The van der Waals surface area contributed by atoms with Gasteiger partial charge in [-0.3, -0.25) is 10.1 Å². The van der Waals surface area contributed by atoms with Gasteiger partial charge in [0.2, 0.25) is 0 Å². The fourth-order valence-corrected chi connectivity index (χ4v) is 1.09. The van der Waals surface area contributed by atoms with Gasteiger partial charge >= 0.3 is 0 Å². The van der Waals surface area contributed by atoms with Crippen LogP contribution in [0.15, 0.2) is 24.3 Å². The van der Waals surface area contributed by atoms with Crippen molar-refractivity contribution in [3.05, 3.63) is 34.4 Å². The van der Waals surface area contributed by atoms with E-state index in [0.717, 1.165) is 6.42 Å². The Balaban J connectivity index is 2.47. The molecule has 15 heavy (non-hydrogen) atoms. The van der Waals surface area contributed by atoms with Crippen LogP contribution in [-0.2, 0) is 0 Å². The van der Waals surface area contributed by atoms with Gasteiger partial charge in [0.15, 0.2) is 0 Å². The number of aliphatic hydroxyl groups is 1. The number of nitro groups is 1. The van der Waals surface area contributed by atoms with E-state index in [1.807, 2.05) is 0 Å². The smallest absolute Gasteiger partial charge is 0.273 e. The molecule has 0 fully saturated rings. The molecule has 0 saturated carbocycles. The zero-order chi connectivity index (χ0) is 11.1. The molecule has 0 amide bonds. The minimum absolute atomic E-state index is 0.0228. The van der Waals surface area contributed by atoms with E-state index in [0.29, 0.717) is 18.8 Å². The first-order valence-electron chi connectivity index (χ1n) is 4.72. The van der Waals surface area contributed by atoms with Gasteiger partial charge in [-0.25, -0.2) is 0 Å². The molecule has 0 spiro atoms. The summed E-state index contributed by atoms with van der Waals surface area (Å²) in [5, 5.41) is 19.0. The first-order chi connectivity index (χ1) is 7.24. The number of non-ortho nitro benzene ring substituents is 1. The predicted molar refractivity (Wildman–Crippen MR) is 54.9 cm³/mol. The molecule has 0 unspecified atom stereocenters. The van der Waals surface area contributed by atoms with Crippen molar-refractivity contribution in [2.45, 2.75) is 12.8 Å². The number of nitrogens with zero attached hydrogens (tertiary/aromatic N) is 1. The quantitative estimate of drug-likeness (QED) is 0.442. The highest BCUT2D eigenvalue weighted by molar-refractivity contribution is 5.37. The monoisotopic (exact) mass is 211 g/mol. The molecule has 0 atom stereocenters. The summed E-state index contributed by atoms with van der Waals surface area (Å²) in [4.78, 5) is 9.99. The molecule has 0 heterocycles. The van der Waals surface area contributed by atoms with E-state index in [1.165, 1.54) is 12.1 Å². The van der Waals surface area contributed by atoms with Gasteiger partial charge in [0.25, 0.3) is 5.69 Å². The molecule has 5 nitrogen and oxygen atoms in total. The van der Waals surface area contributed by atoms with Crippen molar-refractivity contribution >= 4 is 5.69 Å². The van der Waals surface area contributed by atoms with Gasteiger partial charge in [-0.2, -0.15) is 0 Å². The number of unbranched alkanes of at least 4 members (excludes halogenated alkanes) is 1. The number of hydrogen-bond acceptors (Lipinski definition) is 4. The van der Waals surface area contributed by atoms with Gasteiger partial charge in [-0.1, -0.05) is 6.07 Å². The summed E-state index contributed by atoms with van der Waals surface area (Å²) >= 11 is 0. The van der Waals surface area contributed by atoms with E-state index >= 15 is 0 Å². The maximum atomic E-state index is 10.4. The SMILES string of the molecule is O=[N+]([O-])c1cccc(OCCCCO)c1. The number of ether oxygens (including phenoxy) is 1. The second-order valence-electron chi connectivity index (χ2n) is 3.03. The molecule has 0 saturated heterocycles. The van der Waals surface area contributed by atoms with Gasteiger partial charge in [0, 0.05) is 12.7 Å². The van der Waals surface area contributed by atoms with Gasteiger partial charge in [-0.05, 0) is 18.9 Å². The molecule has 0 aromatic heterocycles. The predicted octanol–water partition coefficient (Wildman–Crippen LogP) is 1.75. The number of rotatable bonds is 6. The van der Waals surface area contributed by atoms with Crippen LogP contribution in [0.2, 0.25) is 0 Å². The van der Waals surface area contributed by atoms with Crippen LogP contribution < -0.4 is 4.74 Å². The summed E-state index contributed by atoms with van der Waals surface area (Å²) in [6, 6.07) is 6.06. The Labute approximate surface area is 87.5 Å². The van der Waals surface area contributed by atoms with E-state index in [4.69, 9.17) is 9.84 Å². The molecule has 0 aliphatic rings. The van der Waals surface area contributed by atoms with Crippen molar-refractivity contribution in [2.75, 3.05) is 13.2 Å². The maximum Gasteiger partial charge on any atom is 0.273 e. The highest BCUT2D eigenvalue weighted by Crippen LogP contribution is 2.19. The van der Waals surface area contributed by atoms with Crippen molar-refractivity contribution in [1.82, 2.24) is 0 Å². The highest BCUT2D eigenvalue weighted by atomic mass is 16.6. The zero-order valence-electron chi connectivity index (χ0n) is 8.26. The van der Waals surface area contributed by atoms with E-state index in [2.05, 4.69) is 0 Å². The fraction of sp³-hybridized carbons (Fsp3) is 0.400. The van der Waals surface area contributed by atoms with Gasteiger partial charge < -0.3 is 9.84 Å². The molecule has 0 aliphatic carbocycles. The minimum Gasteiger partial charge on any atom is -0.493 e. The lowest BCUT2D eigenvalue weighted by Gasteiger charge is -2.04. The Morgan fingerprint density at radius 1 is 1.40 bits per heavy atom. The van der Waals surface area contributed by atoms with E-state index in [9.17, 15) is 10.1 Å². The van der Waals surface area contributed by atoms with Gasteiger partial charge in [0.05, 0.1) is 17.6 Å². The molecular weight excluding hydrogens is 198 g/mol. The Morgan fingerprint density at radius 3 is 2.87 bits per heavy atom. The molecule has 1 N–H and O–H groups in total. The summed E-state index contributed by atoms with van der Waals surface area (Å²) in [6.45, 7) is 0.597. The maximum absolute atomic E-state index is 10.4. The van der Waals surface area contributed by atoms with Crippen LogP contribution in [-0.4, -0.2) is 23.2 Å². The summed E-state index contributed by atoms with van der Waals surface area (Å²) in [5.74, 6) is 0.488. The largest absolute Gasteiger partial charge is 0.493 e. The molecule has 0 aliphatic heterocycles. The van der Waals surface area contributed by atoms with Crippen molar-refractivity contribution in [2.24, 2.45) is 0 Å².